The van der Waals surface area contributed by atoms with Crippen molar-refractivity contribution >= 4 is 17.7 Å². The van der Waals surface area contributed by atoms with Gasteiger partial charge in [-0.05, 0) is 37.5 Å². The molecule has 1 saturated carbocycles. The number of esters is 1. The van der Waals surface area contributed by atoms with E-state index in [4.69, 9.17) is 4.74 Å². The number of hydrogen-bond acceptors (Lipinski definition) is 3. The largest absolute Gasteiger partial charge is 0.465 e. The number of carbonyl (C=O) groups excluding carboxylic acids is 1. The lowest BCUT2D eigenvalue weighted by Crippen LogP contribution is -2.23. The summed E-state index contributed by atoms with van der Waals surface area (Å²) in [4.78, 5) is 13.3. The van der Waals surface area contributed by atoms with E-state index in [0.29, 0.717) is 11.9 Å². The van der Waals surface area contributed by atoms with Crippen molar-refractivity contribution < 1.29 is 9.53 Å². The first kappa shape index (κ1) is 13.5. The van der Waals surface area contributed by atoms with Crippen molar-refractivity contribution in [3.8, 4) is 0 Å². The Balaban J connectivity index is 2.20. The molecule has 0 N–H and O–H groups in total. The van der Waals surface area contributed by atoms with Gasteiger partial charge in [0.25, 0.3) is 0 Å². The van der Waals surface area contributed by atoms with Gasteiger partial charge in [0.05, 0.1) is 12.0 Å². The first-order valence-electron chi connectivity index (χ1n) is 6.53. The summed E-state index contributed by atoms with van der Waals surface area (Å²) < 4.78 is 5.20. The minimum Gasteiger partial charge on any atom is -0.465 e. The van der Waals surface area contributed by atoms with E-state index < -0.39 is 0 Å². The summed E-state index contributed by atoms with van der Waals surface area (Å²) >= 11 is 1.83. The number of hydrogen-bond donors (Lipinski definition) is 0. The number of benzene rings is 1. The van der Waals surface area contributed by atoms with Gasteiger partial charge in [-0.3, -0.25) is 4.79 Å². The van der Waals surface area contributed by atoms with E-state index in [1.807, 2.05) is 30.8 Å². The number of rotatable bonds is 5. The van der Waals surface area contributed by atoms with E-state index in [1.54, 1.807) is 0 Å². The van der Waals surface area contributed by atoms with Crippen molar-refractivity contribution in [2.45, 2.75) is 49.2 Å². The van der Waals surface area contributed by atoms with Gasteiger partial charge in [0.15, 0.2) is 0 Å². The third-order valence-electron chi connectivity index (χ3n) is 3.17. The molecule has 0 unspecified atom stereocenters. The van der Waals surface area contributed by atoms with Crippen LogP contribution in [0.15, 0.2) is 29.2 Å². The summed E-state index contributed by atoms with van der Waals surface area (Å²) in [6.45, 7) is 6.67. The molecule has 0 aliphatic heterocycles. The molecular formula is C15H20O2S. The van der Waals surface area contributed by atoms with Gasteiger partial charge in [-0.2, -0.15) is 0 Å². The summed E-state index contributed by atoms with van der Waals surface area (Å²) in [5, 5.41) is 0.554. The van der Waals surface area contributed by atoms with Crippen molar-refractivity contribution in [2.24, 2.45) is 0 Å². The summed E-state index contributed by atoms with van der Waals surface area (Å²) in [5.41, 5.74) is 0.774. The second kappa shape index (κ2) is 5.35. The van der Waals surface area contributed by atoms with Gasteiger partial charge in [-0.15, -0.1) is 11.8 Å². The van der Waals surface area contributed by atoms with Crippen LogP contribution in [0.4, 0.5) is 0 Å². The molecule has 1 aliphatic carbocycles. The SMILES string of the molecule is CCOC(=O)C1(c2cccc(SC(C)C)c2)CC1. The molecule has 0 saturated heterocycles. The molecule has 0 bridgehead atoms. The molecule has 1 fully saturated rings. The van der Waals surface area contributed by atoms with Gasteiger partial charge in [0, 0.05) is 10.1 Å². The zero-order chi connectivity index (χ0) is 13.2. The van der Waals surface area contributed by atoms with Gasteiger partial charge in [-0.25, -0.2) is 0 Å². The number of thioether (sulfide) groups is 1. The fourth-order valence-corrected chi connectivity index (χ4v) is 3.04. The van der Waals surface area contributed by atoms with Gasteiger partial charge >= 0.3 is 5.97 Å². The summed E-state index contributed by atoms with van der Waals surface area (Å²) in [6, 6.07) is 8.34. The van der Waals surface area contributed by atoms with E-state index >= 15 is 0 Å². The van der Waals surface area contributed by atoms with Gasteiger partial charge in [0.2, 0.25) is 0 Å². The van der Waals surface area contributed by atoms with E-state index in [1.165, 1.54) is 4.90 Å². The van der Waals surface area contributed by atoms with Crippen molar-refractivity contribution in [3.05, 3.63) is 29.8 Å². The fourth-order valence-electron chi connectivity index (χ4n) is 2.14. The van der Waals surface area contributed by atoms with Gasteiger partial charge < -0.3 is 4.74 Å². The van der Waals surface area contributed by atoms with Crippen LogP contribution in [-0.2, 0) is 14.9 Å². The van der Waals surface area contributed by atoms with Crippen LogP contribution >= 0.6 is 11.8 Å². The van der Waals surface area contributed by atoms with Crippen LogP contribution in [0.1, 0.15) is 39.2 Å². The molecule has 0 radical (unpaired) electrons. The molecule has 3 heteroatoms. The summed E-state index contributed by atoms with van der Waals surface area (Å²) in [5.74, 6) is -0.0586. The topological polar surface area (TPSA) is 26.3 Å². The Kier molecular flexibility index (Phi) is 4.00. The lowest BCUT2D eigenvalue weighted by molar-refractivity contribution is -0.146. The Morgan fingerprint density at radius 1 is 1.44 bits per heavy atom. The average Bonchev–Trinajstić information content (AvgIpc) is 3.10. The highest BCUT2D eigenvalue weighted by molar-refractivity contribution is 7.99. The zero-order valence-corrected chi connectivity index (χ0v) is 12.0. The lowest BCUT2D eigenvalue weighted by Gasteiger charge is -2.15. The lowest BCUT2D eigenvalue weighted by atomic mass is 9.96. The molecule has 18 heavy (non-hydrogen) atoms. The maximum absolute atomic E-state index is 12.0. The highest BCUT2D eigenvalue weighted by Crippen LogP contribution is 2.49. The Hall–Kier alpha value is -0.960. The van der Waals surface area contributed by atoms with Crippen LogP contribution in [0.25, 0.3) is 0 Å². The highest BCUT2D eigenvalue weighted by atomic mass is 32.2. The molecule has 0 heterocycles. The molecule has 0 spiro atoms. The fraction of sp³-hybridized carbons (Fsp3) is 0.533. The molecule has 98 valence electrons. The van der Waals surface area contributed by atoms with Crippen LogP contribution < -0.4 is 0 Å². The van der Waals surface area contributed by atoms with Crippen molar-refractivity contribution in [2.75, 3.05) is 6.61 Å². The predicted octanol–water partition coefficient (Wildman–Crippen LogP) is 3.78. The second-order valence-corrected chi connectivity index (χ2v) is 6.65. The second-order valence-electron chi connectivity index (χ2n) is 5.00. The maximum atomic E-state index is 12.0. The standard InChI is InChI=1S/C15H20O2S/c1-4-17-14(16)15(8-9-15)12-6-5-7-13(10-12)18-11(2)3/h5-7,10-11H,4,8-9H2,1-3H3. The minimum atomic E-state index is -0.344. The third kappa shape index (κ3) is 2.72. The normalized spacial score (nSPS) is 16.7. The molecule has 1 aliphatic rings. The van der Waals surface area contributed by atoms with Crippen molar-refractivity contribution in [3.63, 3.8) is 0 Å². The number of carbonyl (C=O) groups is 1. The zero-order valence-electron chi connectivity index (χ0n) is 11.2. The number of ether oxygens (including phenoxy) is 1. The molecular weight excluding hydrogens is 244 g/mol. The molecule has 0 aromatic heterocycles. The van der Waals surface area contributed by atoms with Crippen molar-refractivity contribution in [1.82, 2.24) is 0 Å². The van der Waals surface area contributed by atoms with E-state index in [-0.39, 0.29) is 11.4 Å². The Morgan fingerprint density at radius 3 is 2.72 bits per heavy atom. The first-order valence-corrected chi connectivity index (χ1v) is 7.41. The average molecular weight is 264 g/mol. The van der Waals surface area contributed by atoms with Gasteiger partial charge in [-0.1, -0.05) is 26.0 Å². The van der Waals surface area contributed by atoms with Crippen LogP contribution in [0, 0.1) is 0 Å². The molecule has 2 nitrogen and oxygen atoms in total. The van der Waals surface area contributed by atoms with E-state index in [2.05, 4.69) is 26.0 Å². The monoisotopic (exact) mass is 264 g/mol. The quantitative estimate of drug-likeness (QED) is 0.598. The molecule has 0 atom stereocenters. The molecule has 1 aromatic rings. The highest BCUT2D eigenvalue weighted by Gasteiger charge is 2.52. The molecule has 1 aromatic carbocycles. The predicted molar refractivity (Wildman–Crippen MR) is 75.0 cm³/mol. The Labute approximate surface area is 113 Å². The third-order valence-corrected chi connectivity index (χ3v) is 4.17. The Morgan fingerprint density at radius 2 is 2.17 bits per heavy atom. The Bertz CT molecular complexity index is 436. The summed E-state index contributed by atoms with van der Waals surface area (Å²) in [7, 11) is 0. The smallest absolute Gasteiger partial charge is 0.316 e. The minimum absolute atomic E-state index is 0.0586. The summed E-state index contributed by atoms with van der Waals surface area (Å²) in [6.07, 6.45) is 1.84. The van der Waals surface area contributed by atoms with E-state index in [9.17, 15) is 4.79 Å². The van der Waals surface area contributed by atoms with Crippen LogP contribution in [0.3, 0.4) is 0 Å². The van der Waals surface area contributed by atoms with Crippen molar-refractivity contribution in [1.29, 1.82) is 0 Å². The van der Waals surface area contributed by atoms with Crippen LogP contribution in [0.2, 0.25) is 0 Å². The first-order chi connectivity index (χ1) is 8.58. The van der Waals surface area contributed by atoms with E-state index in [0.717, 1.165) is 18.4 Å². The molecule has 0 amide bonds. The van der Waals surface area contributed by atoms with Crippen LogP contribution in [0.5, 0.6) is 0 Å². The maximum Gasteiger partial charge on any atom is 0.316 e. The molecule has 2 rings (SSSR count). The van der Waals surface area contributed by atoms with Crippen LogP contribution in [-0.4, -0.2) is 17.8 Å². The van der Waals surface area contributed by atoms with Gasteiger partial charge in [0.1, 0.15) is 0 Å².